The minimum atomic E-state index is 0.195. The quantitative estimate of drug-likeness (QED) is 0.625. The molecule has 8 aliphatic carbocycles. The van der Waals surface area contributed by atoms with E-state index in [0.717, 1.165) is 47.3 Å². The van der Waals surface area contributed by atoms with Crippen LogP contribution in [0.15, 0.2) is 0 Å². The number of esters is 1. The number of ether oxygens (including phenoxy) is 1. The van der Waals surface area contributed by atoms with Crippen molar-refractivity contribution in [3.63, 3.8) is 0 Å². The van der Waals surface area contributed by atoms with E-state index in [0.29, 0.717) is 16.7 Å². The first-order valence-corrected chi connectivity index (χ1v) is 10.6. The summed E-state index contributed by atoms with van der Waals surface area (Å²) in [4.78, 5) is 12.8. The van der Waals surface area contributed by atoms with Crippen LogP contribution in [0.1, 0.15) is 52.9 Å². The third-order valence-electron chi connectivity index (χ3n) is 10.4. The van der Waals surface area contributed by atoms with Crippen molar-refractivity contribution in [3.05, 3.63) is 0 Å². The molecule has 0 aromatic heterocycles. The van der Waals surface area contributed by atoms with E-state index < -0.39 is 0 Å². The molecule has 0 aromatic carbocycles. The van der Waals surface area contributed by atoms with E-state index in [1.54, 1.807) is 0 Å². The summed E-state index contributed by atoms with van der Waals surface area (Å²) in [7, 11) is 0. The SMILES string of the molecule is CC(C)(C)C1C2C3CC4CC2C2C5OC(=O)C6CC(C51)C3C2(C4)C6. The highest BCUT2D eigenvalue weighted by atomic mass is 16.5. The molecule has 1 spiro atoms. The number of carbonyl (C=O) groups is 1. The van der Waals surface area contributed by atoms with Crippen molar-refractivity contribution in [3.8, 4) is 0 Å². The van der Waals surface area contributed by atoms with Crippen molar-refractivity contribution in [2.75, 3.05) is 0 Å². The molecule has 130 valence electrons. The fraction of sp³-hybridized carbons (Fsp3) is 0.955. The molecular weight excluding hydrogens is 296 g/mol. The van der Waals surface area contributed by atoms with Gasteiger partial charge in [0, 0.05) is 11.8 Å². The van der Waals surface area contributed by atoms with Gasteiger partial charge < -0.3 is 4.74 Å². The number of hydrogen-bond donors (Lipinski definition) is 0. The summed E-state index contributed by atoms with van der Waals surface area (Å²) >= 11 is 0. The summed E-state index contributed by atoms with van der Waals surface area (Å²) in [6.45, 7) is 7.43. The average molecular weight is 326 g/mol. The highest BCUT2D eigenvalue weighted by Crippen LogP contribution is 2.83. The van der Waals surface area contributed by atoms with Gasteiger partial charge >= 0.3 is 5.97 Å². The lowest BCUT2D eigenvalue weighted by Gasteiger charge is -2.81. The lowest BCUT2D eigenvalue weighted by molar-refractivity contribution is -0.349. The van der Waals surface area contributed by atoms with Crippen LogP contribution in [-0.2, 0) is 9.53 Å². The van der Waals surface area contributed by atoms with E-state index in [2.05, 4.69) is 20.8 Å². The van der Waals surface area contributed by atoms with E-state index in [1.165, 1.54) is 32.1 Å². The Bertz CT molecular complexity index is 661. The molecule has 2 heterocycles. The molecule has 10 fully saturated rings. The zero-order valence-corrected chi connectivity index (χ0v) is 15.2. The second-order valence-electron chi connectivity index (χ2n) is 11.9. The first-order valence-electron chi connectivity index (χ1n) is 10.6. The molecule has 10 rings (SSSR count). The van der Waals surface area contributed by atoms with Crippen molar-refractivity contribution in [1.29, 1.82) is 0 Å². The number of rotatable bonds is 0. The van der Waals surface area contributed by atoms with Gasteiger partial charge in [0.2, 0.25) is 0 Å². The first-order chi connectivity index (χ1) is 11.4. The van der Waals surface area contributed by atoms with Crippen LogP contribution >= 0.6 is 0 Å². The maximum absolute atomic E-state index is 12.8. The van der Waals surface area contributed by atoms with Gasteiger partial charge in [0.05, 0.1) is 5.92 Å². The Hall–Kier alpha value is -0.530. The Labute approximate surface area is 145 Å². The van der Waals surface area contributed by atoms with Crippen LogP contribution in [0.25, 0.3) is 0 Å². The van der Waals surface area contributed by atoms with Crippen LogP contribution in [0, 0.1) is 70.0 Å². The number of carbonyl (C=O) groups excluding carboxylic acids is 1. The maximum Gasteiger partial charge on any atom is 0.309 e. The van der Waals surface area contributed by atoms with Crippen LogP contribution < -0.4 is 0 Å². The molecule has 12 unspecified atom stereocenters. The van der Waals surface area contributed by atoms with Gasteiger partial charge in [0.15, 0.2) is 0 Å². The van der Waals surface area contributed by atoms with Gasteiger partial charge in [-0.3, -0.25) is 4.79 Å². The summed E-state index contributed by atoms with van der Waals surface area (Å²) < 4.78 is 6.34. The van der Waals surface area contributed by atoms with E-state index >= 15 is 0 Å². The van der Waals surface area contributed by atoms with Crippen molar-refractivity contribution in [2.24, 2.45) is 70.0 Å². The van der Waals surface area contributed by atoms with Crippen molar-refractivity contribution in [1.82, 2.24) is 0 Å². The molecule has 2 aliphatic heterocycles. The Morgan fingerprint density at radius 1 is 0.958 bits per heavy atom. The van der Waals surface area contributed by atoms with Crippen molar-refractivity contribution >= 4 is 5.97 Å². The number of fused-ring (bicyclic) bond motifs is 1. The molecule has 0 aromatic rings. The van der Waals surface area contributed by atoms with Gasteiger partial charge in [0.25, 0.3) is 0 Å². The fourth-order valence-electron chi connectivity index (χ4n) is 10.9. The summed E-state index contributed by atoms with van der Waals surface area (Å²) in [5, 5.41) is 0. The topological polar surface area (TPSA) is 26.3 Å². The zero-order chi connectivity index (χ0) is 16.2. The molecule has 24 heavy (non-hydrogen) atoms. The van der Waals surface area contributed by atoms with Crippen LogP contribution in [0.5, 0.6) is 0 Å². The molecule has 0 amide bonds. The largest absolute Gasteiger partial charge is 0.462 e. The van der Waals surface area contributed by atoms with Gasteiger partial charge in [-0.2, -0.15) is 0 Å². The molecule has 8 saturated carbocycles. The Morgan fingerprint density at radius 2 is 1.67 bits per heavy atom. The molecule has 11 bridgehead atoms. The van der Waals surface area contributed by atoms with E-state index in [4.69, 9.17) is 4.74 Å². The highest BCUT2D eigenvalue weighted by molar-refractivity contribution is 5.74. The van der Waals surface area contributed by atoms with Gasteiger partial charge in [-0.15, -0.1) is 0 Å². The van der Waals surface area contributed by atoms with E-state index in [1.807, 2.05) is 0 Å². The molecule has 0 radical (unpaired) electrons. The zero-order valence-electron chi connectivity index (χ0n) is 15.2. The monoisotopic (exact) mass is 326 g/mol. The maximum atomic E-state index is 12.8. The average Bonchev–Trinajstić information content (AvgIpc) is 2.67. The predicted octanol–water partition coefficient (Wildman–Crippen LogP) is 4.14. The minimum Gasteiger partial charge on any atom is -0.462 e. The standard InChI is InChI=1S/C22H30O2/c1-21(2,3)18-14-11-4-9-5-12(14)17-19-15(18)13-6-10(20(23)24-19)8-22(17,7-9)16(11)13/h9-19H,4-8H2,1-3H3. The first kappa shape index (κ1) is 13.6. The second kappa shape index (κ2) is 3.62. The highest BCUT2D eigenvalue weighted by Gasteiger charge is 2.81. The Morgan fingerprint density at radius 3 is 2.42 bits per heavy atom. The van der Waals surface area contributed by atoms with Crippen molar-refractivity contribution in [2.45, 2.75) is 59.0 Å². The Kier molecular flexibility index (Phi) is 2.06. The van der Waals surface area contributed by atoms with Crippen LogP contribution in [0.2, 0.25) is 0 Å². The van der Waals surface area contributed by atoms with E-state index in [-0.39, 0.29) is 18.0 Å². The third kappa shape index (κ3) is 1.18. The number of hydrogen-bond acceptors (Lipinski definition) is 2. The van der Waals surface area contributed by atoms with Crippen LogP contribution in [0.3, 0.4) is 0 Å². The molecule has 10 aliphatic rings. The third-order valence-corrected chi connectivity index (χ3v) is 10.4. The van der Waals surface area contributed by atoms with E-state index in [9.17, 15) is 4.79 Å². The smallest absolute Gasteiger partial charge is 0.309 e. The molecule has 0 N–H and O–H groups in total. The fourth-order valence-corrected chi connectivity index (χ4v) is 10.9. The summed E-state index contributed by atoms with van der Waals surface area (Å²) in [6.07, 6.45) is 7.11. The van der Waals surface area contributed by atoms with Crippen LogP contribution in [-0.4, -0.2) is 12.1 Å². The normalized spacial score (nSPS) is 67.1. The molecule has 2 heteroatoms. The minimum absolute atomic E-state index is 0.195. The Balaban J connectivity index is 1.52. The van der Waals surface area contributed by atoms with Gasteiger partial charge in [-0.05, 0) is 84.4 Å². The second-order valence-corrected chi connectivity index (χ2v) is 11.9. The predicted molar refractivity (Wildman–Crippen MR) is 89.8 cm³/mol. The summed E-state index contributed by atoms with van der Waals surface area (Å²) in [6, 6.07) is 0. The molecule has 12 atom stereocenters. The van der Waals surface area contributed by atoms with Gasteiger partial charge in [0.1, 0.15) is 6.10 Å². The summed E-state index contributed by atoms with van der Waals surface area (Å²) in [5.41, 5.74) is 0.881. The lowest BCUT2D eigenvalue weighted by atomic mass is 9.23. The summed E-state index contributed by atoms with van der Waals surface area (Å²) in [5.74, 6) is 8.25. The van der Waals surface area contributed by atoms with Gasteiger partial charge in [-0.25, -0.2) is 0 Å². The molecule has 2 saturated heterocycles. The molecule has 2 nitrogen and oxygen atoms in total. The van der Waals surface area contributed by atoms with Crippen molar-refractivity contribution < 1.29 is 9.53 Å². The lowest BCUT2D eigenvalue weighted by Crippen LogP contribution is -2.78. The molecular formula is C22H30O2. The van der Waals surface area contributed by atoms with Gasteiger partial charge in [-0.1, -0.05) is 20.8 Å². The van der Waals surface area contributed by atoms with Crippen LogP contribution in [0.4, 0.5) is 0 Å².